The van der Waals surface area contributed by atoms with Gasteiger partial charge in [0.05, 0.1) is 20.3 Å². The zero-order valence-electron chi connectivity index (χ0n) is 12.7. The summed E-state index contributed by atoms with van der Waals surface area (Å²) in [5.74, 6) is -0.185. The average molecular weight is 272 g/mol. The summed E-state index contributed by atoms with van der Waals surface area (Å²) in [4.78, 5) is 14.3. The molecule has 0 aromatic carbocycles. The number of hydrogen-bond acceptors (Lipinski definition) is 5. The Hall–Kier alpha value is -0.650. The summed E-state index contributed by atoms with van der Waals surface area (Å²) in [5.41, 5.74) is -0.597. The summed E-state index contributed by atoms with van der Waals surface area (Å²) >= 11 is 0. The third kappa shape index (κ3) is 4.44. The Kier molecular flexibility index (Phi) is 6.75. The number of nitrogens with zero attached hydrogens (tertiary/aromatic N) is 1. The minimum absolute atomic E-state index is 0.185. The zero-order chi connectivity index (χ0) is 14.3. The van der Waals surface area contributed by atoms with Crippen LogP contribution >= 0.6 is 0 Å². The van der Waals surface area contributed by atoms with Crippen LogP contribution in [0.5, 0.6) is 0 Å². The van der Waals surface area contributed by atoms with Gasteiger partial charge in [-0.05, 0) is 26.3 Å². The molecule has 0 aromatic rings. The number of nitrogens with one attached hydrogen (secondary N) is 1. The maximum atomic E-state index is 11.9. The van der Waals surface area contributed by atoms with Crippen molar-refractivity contribution in [3.05, 3.63) is 0 Å². The van der Waals surface area contributed by atoms with E-state index in [0.29, 0.717) is 6.04 Å². The summed E-state index contributed by atoms with van der Waals surface area (Å²) in [6, 6.07) is 0.470. The lowest BCUT2D eigenvalue weighted by Gasteiger charge is -2.37. The molecular formula is C14H28N2O3. The van der Waals surface area contributed by atoms with E-state index >= 15 is 0 Å². The number of carbonyl (C=O) groups excluding carboxylic acids is 1. The van der Waals surface area contributed by atoms with Crippen LogP contribution in [-0.4, -0.2) is 62.4 Å². The topological polar surface area (TPSA) is 50.8 Å². The molecule has 0 saturated carbocycles. The van der Waals surface area contributed by atoms with Crippen molar-refractivity contribution in [2.75, 3.05) is 40.0 Å². The van der Waals surface area contributed by atoms with Crippen molar-refractivity contribution < 1.29 is 14.3 Å². The molecule has 0 bridgehead atoms. The van der Waals surface area contributed by atoms with Crippen molar-refractivity contribution in [3.8, 4) is 0 Å². The van der Waals surface area contributed by atoms with Crippen molar-refractivity contribution >= 4 is 5.97 Å². The summed E-state index contributed by atoms with van der Waals surface area (Å²) < 4.78 is 10.4. The van der Waals surface area contributed by atoms with Crippen LogP contribution in [0.4, 0.5) is 0 Å². The van der Waals surface area contributed by atoms with E-state index in [1.165, 1.54) is 7.11 Å². The highest BCUT2D eigenvalue weighted by Crippen LogP contribution is 2.17. The molecular weight excluding hydrogens is 244 g/mol. The number of carbonyl (C=O) groups is 1. The largest absolute Gasteiger partial charge is 0.468 e. The van der Waals surface area contributed by atoms with Crippen LogP contribution in [0.15, 0.2) is 0 Å². The van der Waals surface area contributed by atoms with Crippen molar-refractivity contribution in [2.24, 2.45) is 0 Å². The third-order valence-electron chi connectivity index (χ3n) is 3.92. The second-order valence-corrected chi connectivity index (χ2v) is 5.28. The molecule has 0 aromatic heterocycles. The molecule has 19 heavy (non-hydrogen) atoms. The van der Waals surface area contributed by atoms with E-state index in [0.717, 1.165) is 45.7 Å². The molecule has 0 spiro atoms. The number of ether oxygens (including phenoxy) is 2. The van der Waals surface area contributed by atoms with Gasteiger partial charge >= 0.3 is 5.97 Å². The van der Waals surface area contributed by atoms with E-state index in [1.807, 2.05) is 13.8 Å². The predicted molar refractivity (Wildman–Crippen MR) is 75.2 cm³/mol. The highest BCUT2D eigenvalue weighted by Gasteiger charge is 2.34. The fourth-order valence-electron chi connectivity index (χ4n) is 2.60. The molecule has 5 nitrogen and oxygen atoms in total. The lowest BCUT2D eigenvalue weighted by atomic mass is 9.96. The van der Waals surface area contributed by atoms with E-state index in [-0.39, 0.29) is 5.97 Å². The van der Waals surface area contributed by atoms with Gasteiger partial charge in [0.1, 0.15) is 5.54 Å². The molecule has 0 radical (unpaired) electrons. The second-order valence-electron chi connectivity index (χ2n) is 5.28. The summed E-state index contributed by atoms with van der Waals surface area (Å²) in [6.07, 6.45) is 1.83. The normalized spacial score (nSPS) is 23.9. The number of rotatable bonds is 7. The Balaban J connectivity index is 2.57. The number of morpholine rings is 1. The van der Waals surface area contributed by atoms with Crippen molar-refractivity contribution in [1.82, 2.24) is 10.2 Å². The van der Waals surface area contributed by atoms with Crippen LogP contribution in [0.1, 0.15) is 33.6 Å². The summed E-state index contributed by atoms with van der Waals surface area (Å²) in [6.45, 7) is 10.3. The van der Waals surface area contributed by atoms with Gasteiger partial charge in [-0.1, -0.05) is 13.8 Å². The molecule has 2 unspecified atom stereocenters. The van der Waals surface area contributed by atoms with Gasteiger partial charge in [-0.15, -0.1) is 0 Å². The maximum Gasteiger partial charge on any atom is 0.325 e. The number of methoxy groups -OCH3 is 1. The fraction of sp³-hybridized carbons (Fsp3) is 0.929. The van der Waals surface area contributed by atoms with Gasteiger partial charge in [-0.25, -0.2) is 0 Å². The Labute approximate surface area is 116 Å². The van der Waals surface area contributed by atoms with E-state index < -0.39 is 5.54 Å². The van der Waals surface area contributed by atoms with Crippen LogP contribution in [0, 0.1) is 0 Å². The monoisotopic (exact) mass is 272 g/mol. The van der Waals surface area contributed by atoms with E-state index in [4.69, 9.17) is 9.47 Å². The molecule has 1 fully saturated rings. The first kappa shape index (κ1) is 16.4. The molecule has 1 aliphatic rings. The lowest BCUT2D eigenvalue weighted by Crippen LogP contribution is -2.54. The molecule has 112 valence electrons. The molecule has 1 heterocycles. The molecule has 5 heteroatoms. The summed E-state index contributed by atoms with van der Waals surface area (Å²) in [7, 11) is 1.45. The molecule has 1 N–H and O–H groups in total. The first-order valence-corrected chi connectivity index (χ1v) is 7.22. The van der Waals surface area contributed by atoms with Gasteiger partial charge in [0.15, 0.2) is 0 Å². The van der Waals surface area contributed by atoms with Crippen molar-refractivity contribution in [3.63, 3.8) is 0 Å². The Bertz CT molecular complexity index is 286. The highest BCUT2D eigenvalue weighted by molar-refractivity contribution is 5.80. The molecule has 0 aliphatic carbocycles. The van der Waals surface area contributed by atoms with Gasteiger partial charge in [0, 0.05) is 19.1 Å². The first-order valence-electron chi connectivity index (χ1n) is 7.22. The molecule has 1 rings (SSSR count). The lowest BCUT2D eigenvalue weighted by molar-refractivity contribution is -0.148. The number of hydrogen-bond donors (Lipinski definition) is 1. The predicted octanol–water partition coefficient (Wildman–Crippen LogP) is 1.03. The van der Waals surface area contributed by atoms with Crippen LogP contribution in [-0.2, 0) is 14.3 Å². The SMILES string of the molecule is CCNC(C)(CCN1CCOCC1CC)C(=O)OC. The van der Waals surface area contributed by atoms with Crippen LogP contribution in [0.25, 0.3) is 0 Å². The maximum absolute atomic E-state index is 11.9. The molecule has 0 amide bonds. The number of esters is 1. The first-order chi connectivity index (χ1) is 9.07. The second kappa shape index (κ2) is 7.82. The fourth-order valence-corrected chi connectivity index (χ4v) is 2.60. The highest BCUT2D eigenvalue weighted by atomic mass is 16.5. The van der Waals surface area contributed by atoms with E-state index in [9.17, 15) is 4.79 Å². The number of likely N-dealkylation sites (N-methyl/N-ethyl adjacent to an activating group) is 1. The van der Waals surface area contributed by atoms with Crippen LogP contribution in [0.2, 0.25) is 0 Å². The van der Waals surface area contributed by atoms with Gasteiger partial charge in [-0.2, -0.15) is 0 Å². The summed E-state index contributed by atoms with van der Waals surface area (Å²) in [5, 5.41) is 3.25. The standard InChI is InChI=1S/C14H28N2O3/c1-5-12-11-19-10-9-16(12)8-7-14(3,15-6-2)13(17)18-4/h12,15H,5-11H2,1-4H3. The quantitative estimate of drug-likeness (QED) is 0.702. The minimum atomic E-state index is -0.597. The van der Waals surface area contributed by atoms with Gasteiger partial charge in [-0.3, -0.25) is 9.69 Å². The van der Waals surface area contributed by atoms with Crippen LogP contribution in [0.3, 0.4) is 0 Å². The minimum Gasteiger partial charge on any atom is -0.468 e. The smallest absolute Gasteiger partial charge is 0.325 e. The van der Waals surface area contributed by atoms with Crippen molar-refractivity contribution in [2.45, 2.75) is 45.2 Å². The Morgan fingerprint density at radius 3 is 2.84 bits per heavy atom. The zero-order valence-corrected chi connectivity index (χ0v) is 12.7. The van der Waals surface area contributed by atoms with E-state index in [1.54, 1.807) is 0 Å². The third-order valence-corrected chi connectivity index (χ3v) is 3.92. The average Bonchev–Trinajstić information content (AvgIpc) is 2.44. The van der Waals surface area contributed by atoms with Crippen molar-refractivity contribution in [1.29, 1.82) is 0 Å². The Morgan fingerprint density at radius 1 is 1.53 bits per heavy atom. The Morgan fingerprint density at radius 2 is 2.26 bits per heavy atom. The molecule has 1 aliphatic heterocycles. The molecule has 2 atom stereocenters. The molecule has 1 saturated heterocycles. The van der Waals surface area contributed by atoms with Crippen LogP contribution < -0.4 is 5.32 Å². The van der Waals surface area contributed by atoms with Gasteiger partial charge in [0.2, 0.25) is 0 Å². The van der Waals surface area contributed by atoms with Gasteiger partial charge < -0.3 is 14.8 Å². The van der Waals surface area contributed by atoms with Gasteiger partial charge in [0.25, 0.3) is 0 Å². The van der Waals surface area contributed by atoms with E-state index in [2.05, 4.69) is 17.1 Å².